The molecule has 25 heavy (non-hydrogen) atoms. The van der Waals surface area contributed by atoms with Gasteiger partial charge in [0.15, 0.2) is 11.2 Å². The molecule has 3 amide bonds. The van der Waals surface area contributed by atoms with Crippen molar-refractivity contribution in [3.63, 3.8) is 0 Å². The number of hydrogen-bond donors (Lipinski definition) is 2. The van der Waals surface area contributed by atoms with Gasteiger partial charge in [0.25, 0.3) is 5.91 Å². The Morgan fingerprint density at radius 1 is 1.24 bits per heavy atom. The Labute approximate surface area is 143 Å². The van der Waals surface area contributed by atoms with Crippen LogP contribution in [0.3, 0.4) is 0 Å². The minimum atomic E-state index is -1.22. The molecule has 1 unspecified atom stereocenters. The zero-order valence-electron chi connectivity index (χ0n) is 14.1. The van der Waals surface area contributed by atoms with Crippen molar-refractivity contribution >= 4 is 23.1 Å². The first kappa shape index (κ1) is 15.4. The summed E-state index contributed by atoms with van der Waals surface area (Å²) < 4.78 is 5.56. The molecule has 0 spiro atoms. The van der Waals surface area contributed by atoms with Crippen LogP contribution in [0.15, 0.2) is 28.8 Å². The van der Waals surface area contributed by atoms with Crippen LogP contribution in [0.2, 0.25) is 0 Å². The van der Waals surface area contributed by atoms with Gasteiger partial charge in [-0.25, -0.2) is 14.8 Å². The van der Waals surface area contributed by atoms with Crippen LogP contribution in [0.4, 0.5) is 4.79 Å². The number of fused-ring (bicyclic) bond motifs is 1. The number of H-pyrrole nitrogens is 1. The number of imide groups is 1. The number of rotatable bonds is 3. The highest BCUT2D eigenvalue weighted by Crippen LogP contribution is 2.30. The predicted molar refractivity (Wildman–Crippen MR) is 88.5 cm³/mol. The quantitative estimate of drug-likeness (QED) is 0.711. The van der Waals surface area contributed by atoms with E-state index in [2.05, 4.69) is 20.3 Å². The van der Waals surface area contributed by atoms with Gasteiger partial charge in [0.05, 0.1) is 12.1 Å². The largest absolute Gasteiger partial charge is 0.463 e. The van der Waals surface area contributed by atoms with Gasteiger partial charge in [0.2, 0.25) is 0 Å². The van der Waals surface area contributed by atoms with Gasteiger partial charge in [-0.05, 0) is 44.5 Å². The van der Waals surface area contributed by atoms with Crippen LogP contribution in [0.5, 0.6) is 0 Å². The highest BCUT2D eigenvalue weighted by Gasteiger charge is 2.51. The van der Waals surface area contributed by atoms with E-state index >= 15 is 0 Å². The molecule has 1 saturated heterocycles. The van der Waals surface area contributed by atoms with Crippen molar-refractivity contribution in [3.8, 4) is 0 Å². The Kier molecular flexibility index (Phi) is 3.18. The van der Waals surface area contributed by atoms with Crippen molar-refractivity contribution in [2.75, 3.05) is 0 Å². The van der Waals surface area contributed by atoms with Crippen LogP contribution in [0, 0.1) is 13.8 Å². The van der Waals surface area contributed by atoms with Crippen molar-refractivity contribution in [3.05, 3.63) is 47.3 Å². The normalized spacial score (nSPS) is 20.5. The molecular weight excluding hydrogens is 322 g/mol. The molecule has 4 heterocycles. The van der Waals surface area contributed by atoms with Crippen LogP contribution in [-0.2, 0) is 16.9 Å². The molecule has 0 radical (unpaired) electrons. The molecule has 0 aliphatic carbocycles. The number of pyridine rings is 1. The first-order valence-corrected chi connectivity index (χ1v) is 7.90. The highest BCUT2D eigenvalue weighted by atomic mass is 16.3. The van der Waals surface area contributed by atoms with Gasteiger partial charge in [-0.1, -0.05) is 0 Å². The summed E-state index contributed by atoms with van der Waals surface area (Å²) in [5, 5.41) is 2.71. The molecule has 1 aliphatic heterocycles. The molecule has 0 aromatic carbocycles. The monoisotopic (exact) mass is 339 g/mol. The van der Waals surface area contributed by atoms with Gasteiger partial charge in [0, 0.05) is 6.20 Å². The number of hydrogen-bond acceptors (Lipinski definition) is 5. The van der Waals surface area contributed by atoms with Gasteiger partial charge in [0.1, 0.15) is 17.3 Å². The van der Waals surface area contributed by atoms with Gasteiger partial charge < -0.3 is 14.7 Å². The fourth-order valence-corrected chi connectivity index (χ4v) is 3.02. The molecule has 0 saturated carbocycles. The number of aryl methyl sites for hydroxylation is 2. The average Bonchev–Trinajstić information content (AvgIpc) is 3.23. The van der Waals surface area contributed by atoms with Crippen LogP contribution in [-0.4, -0.2) is 31.8 Å². The Balaban J connectivity index is 1.65. The van der Waals surface area contributed by atoms with E-state index in [0.29, 0.717) is 23.0 Å². The number of nitrogens with one attached hydrogen (secondary N) is 2. The Morgan fingerprint density at radius 2 is 2.04 bits per heavy atom. The van der Waals surface area contributed by atoms with Crippen LogP contribution in [0.25, 0.3) is 11.2 Å². The average molecular weight is 339 g/mol. The fourth-order valence-electron chi connectivity index (χ4n) is 3.02. The molecule has 8 nitrogen and oxygen atoms in total. The summed E-state index contributed by atoms with van der Waals surface area (Å²) in [7, 11) is 0. The SMILES string of the molecule is Cc1ccc(C2(C)NC(=O)N(Cc3nc4nccc(C)c4[nH]3)C2=O)o1. The Morgan fingerprint density at radius 3 is 2.72 bits per heavy atom. The molecule has 1 aliphatic rings. The minimum Gasteiger partial charge on any atom is -0.463 e. The first-order valence-electron chi connectivity index (χ1n) is 7.90. The molecule has 1 fully saturated rings. The van der Waals surface area contributed by atoms with E-state index in [1.165, 1.54) is 0 Å². The third-order valence-electron chi connectivity index (χ3n) is 4.47. The molecular formula is C17H17N5O3. The maximum atomic E-state index is 12.9. The lowest BCUT2D eigenvalue weighted by molar-refractivity contribution is -0.132. The first-order chi connectivity index (χ1) is 11.9. The van der Waals surface area contributed by atoms with Crippen molar-refractivity contribution in [2.45, 2.75) is 32.9 Å². The molecule has 4 rings (SSSR count). The van der Waals surface area contributed by atoms with E-state index in [-0.39, 0.29) is 12.5 Å². The number of carbonyl (C=O) groups excluding carboxylic acids is 2. The molecule has 1 atom stereocenters. The third-order valence-corrected chi connectivity index (χ3v) is 4.47. The van der Waals surface area contributed by atoms with Gasteiger partial charge in [-0.15, -0.1) is 0 Å². The second-order valence-corrected chi connectivity index (χ2v) is 6.37. The second kappa shape index (κ2) is 5.17. The van der Waals surface area contributed by atoms with Crippen LogP contribution < -0.4 is 5.32 Å². The fraction of sp³-hybridized carbons (Fsp3) is 0.294. The summed E-state index contributed by atoms with van der Waals surface area (Å²) in [5.74, 6) is 1.21. The van der Waals surface area contributed by atoms with E-state index in [0.717, 1.165) is 16.0 Å². The topological polar surface area (TPSA) is 104 Å². The van der Waals surface area contributed by atoms with Crippen molar-refractivity contribution in [2.24, 2.45) is 0 Å². The molecule has 128 valence electrons. The maximum absolute atomic E-state index is 12.9. The second-order valence-electron chi connectivity index (χ2n) is 6.37. The number of aromatic nitrogens is 3. The lowest BCUT2D eigenvalue weighted by atomic mass is 9.99. The molecule has 2 N–H and O–H groups in total. The number of nitrogens with zero attached hydrogens (tertiary/aromatic N) is 3. The lowest BCUT2D eigenvalue weighted by Crippen LogP contribution is -2.40. The Bertz CT molecular complexity index is 1000. The Hall–Kier alpha value is -3.16. The molecule has 0 bridgehead atoms. The zero-order chi connectivity index (χ0) is 17.8. The zero-order valence-corrected chi connectivity index (χ0v) is 14.1. The molecule has 3 aromatic rings. The van der Waals surface area contributed by atoms with Crippen LogP contribution in [0.1, 0.15) is 29.8 Å². The highest BCUT2D eigenvalue weighted by molar-refractivity contribution is 6.06. The summed E-state index contributed by atoms with van der Waals surface area (Å²) in [6.45, 7) is 5.40. The van der Waals surface area contributed by atoms with Gasteiger partial charge in [-0.3, -0.25) is 9.69 Å². The number of urea groups is 1. The predicted octanol–water partition coefficient (Wildman–Crippen LogP) is 2.13. The van der Waals surface area contributed by atoms with Crippen molar-refractivity contribution < 1.29 is 14.0 Å². The number of amides is 3. The van der Waals surface area contributed by atoms with E-state index < -0.39 is 11.6 Å². The van der Waals surface area contributed by atoms with Crippen molar-refractivity contribution in [1.29, 1.82) is 0 Å². The third kappa shape index (κ3) is 2.29. The molecule has 8 heteroatoms. The van der Waals surface area contributed by atoms with E-state index in [1.807, 2.05) is 13.0 Å². The molecule has 3 aromatic heterocycles. The summed E-state index contributed by atoms with van der Waals surface area (Å²) in [5.41, 5.74) is 1.14. The van der Waals surface area contributed by atoms with Gasteiger partial charge in [-0.2, -0.15) is 0 Å². The summed E-state index contributed by atoms with van der Waals surface area (Å²) >= 11 is 0. The minimum absolute atomic E-state index is 0.0374. The van der Waals surface area contributed by atoms with Crippen LogP contribution >= 0.6 is 0 Å². The van der Waals surface area contributed by atoms with Crippen molar-refractivity contribution in [1.82, 2.24) is 25.2 Å². The standard InChI is InChI=1S/C17H17N5O3/c1-9-6-7-18-14-13(9)19-12(20-14)8-22-15(23)17(3,21-16(22)24)11-5-4-10(2)25-11/h4-7H,8H2,1-3H3,(H,21,24)(H,18,19,20). The summed E-state index contributed by atoms with van der Waals surface area (Å²) in [6, 6.07) is 4.85. The number of imidazole rings is 1. The summed E-state index contributed by atoms with van der Waals surface area (Å²) in [6.07, 6.45) is 1.67. The van der Waals surface area contributed by atoms with E-state index in [4.69, 9.17) is 4.42 Å². The number of furan rings is 1. The lowest BCUT2D eigenvalue weighted by Gasteiger charge is -2.18. The van der Waals surface area contributed by atoms with E-state index in [9.17, 15) is 9.59 Å². The van der Waals surface area contributed by atoms with E-state index in [1.54, 1.807) is 32.2 Å². The number of carbonyl (C=O) groups is 2. The smallest absolute Gasteiger partial charge is 0.325 e. The summed E-state index contributed by atoms with van der Waals surface area (Å²) in [4.78, 5) is 38.0. The van der Waals surface area contributed by atoms with Gasteiger partial charge >= 0.3 is 6.03 Å². The number of aromatic amines is 1. The maximum Gasteiger partial charge on any atom is 0.325 e.